The van der Waals surface area contributed by atoms with Gasteiger partial charge < -0.3 is 23.6 Å². The third-order valence-corrected chi connectivity index (χ3v) is 4.58. The fraction of sp³-hybridized carbons (Fsp3) is 0.591. The maximum atomic E-state index is 12.7. The molecule has 1 aromatic carbocycles. The summed E-state index contributed by atoms with van der Waals surface area (Å²) < 4.78 is 21.5. The summed E-state index contributed by atoms with van der Waals surface area (Å²) in [4.78, 5) is 19.0. The van der Waals surface area contributed by atoms with Gasteiger partial charge in [-0.25, -0.2) is 0 Å². The van der Waals surface area contributed by atoms with E-state index in [0.717, 1.165) is 0 Å². The van der Waals surface area contributed by atoms with E-state index in [4.69, 9.17) is 18.7 Å². The number of carbonyl (C=O) groups excluding carboxylic acids is 1. The Kier molecular flexibility index (Phi) is 7.70. The van der Waals surface area contributed by atoms with Crippen LogP contribution in [0.4, 0.5) is 0 Å². The molecule has 30 heavy (non-hydrogen) atoms. The van der Waals surface area contributed by atoms with Crippen LogP contribution in [0.15, 0.2) is 16.7 Å². The van der Waals surface area contributed by atoms with Crippen molar-refractivity contribution >= 4 is 5.91 Å². The van der Waals surface area contributed by atoms with E-state index in [1.807, 2.05) is 18.7 Å². The highest BCUT2D eigenvalue weighted by atomic mass is 16.5. The highest BCUT2D eigenvalue weighted by Crippen LogP contribution is 2.40. The molecule has 0 aliphatic rings. The summed E-state index contributed by atoms with van der Waals surface area (Å²) in [6.07, 6.45) is 0.969. The van der Waals surface area contributed by atoms with Crippen molar-refractivity contribution in [2.24, 2.45) is 5.41 Å². The van der Waals surface area contributed by atoms with E-state index in [1.165, 1.54) is 0 Å². The Bertz CT molecular complexity index is 830. The Labute approximate surface area is 178 Å². The first kappa shape index (κ1) is 23.5. The summed E-state index contributed by atoms with van der Waals surface area (Å²) in [5.74, 6) is 2.53. The van der Waals surface area contributed by atoms with Gasteiger partial charge >= 0.3 is 0 Å². The molecule has 0 unspecified atom stereocenters. The lowest BCUT2D eigenvalue weighted by Crippen LogP contribution is -2.40. The van der Waals surface area contributed by atoms with E-state index >= 15 is 0 Å². The normalized spacial score (nSPS) is 11.5. The molecule has 8 heteroatoms. The molecule has 0 saturated heterocycles. The smallest absolute Gasteiger partial charge is 0.228 e. The number of aromatic nitrogens is 2. The van der Waals surface area contributed by atoms with Gasteiger partial charge in [0.25, 0.3) is 0 Å². The maximum Gasteiger partial charge on any atom is 0.228 e. The standard InChI is InChI=1S/C22H33N3O5/c1-14(2)25(19(26)13-22(3,4)5)10-9-18-23-21(24-30-18)15-11-16(27-6)20(29-8)17(12-15)28-7/h11-12,14H,9-10,13H2,1-8H3. The van der Waals surface area contributed by atoms with Crippen LogP contribution in [0.2, 0.25) is 0 Å². The molecule has 1 heterocycles. The Morgan fingerprint density at radius 2 is 1.70 bits per heavy atom. The average molecular weight is 420 g/mol. The van der Waals surface area contributed by atoms with Gasteiger partial charge in [-0.15, -0.1) is 0 Å². The molecule has 0 fully saturated rings. The number of rotatable bonds is 9. The molecule has 0 N–H and O–H groups in total. The molecule has 1 aromatic heterocycles. The molecule has 0 bridgehead atoms. The fourth-order valence-corrected chi connectivity index (χ4v) is 3.13. The molecule has 1 amide bonds. The van der Waals surface area contributed by atoms with Crippen LogP contribution >= 0.6 is 0 Å². The van der Waals surface area contributed by atoms with Gasteiger partial charge in [-0.05, 0) is 31.4 Å². The predicted molar refractivity (Wildman–Crippen MR) is 114 cm³/mol. The van der Waals surface area contributed by atoms with Crippen LogP contribution in [-0.2, 0) is 11.2 Å². The van der Waals surface area contributed by atoms with Gasteiger partial charge in [-0.2, -0.15) is 4.98 Å². The minimum absolute atomic E-state index is 0.0612. The zero-order valence-corrected chi connectivity index (χ0v) is 19.2. The number of benzene rings is 1. The molecule has 0 saturated carbocycles. The fourth-order valence-electron chi connectivity index (χ4n) is 3.13. The summed E-state index contributed by atoms with van der Waals surface area (Å²) >= 11 is 0. The highest BCUT2D eigenvalue weighted by molar-refractivity contribution is 5.77. The maximum absolute atomic E-state index is 12.7. The van der Waals surface area contributed by atoms with E-state index in [9.17, 15) is 4.79 Å². The second-order valence-corrected chi connectivity index (χ2v) is 8.59. The van der Waals surface area contributed by atoms with Crippen LogP contribution in [0.5, 0.6) is 17.2 Å². The lowest BCUT2D eigenvalue weighted by atomic mass is 9.91. The van der Waals surface area contributed by atoms with Crippen molar-refractivity contribution in [2.75, 3.05) is 27.9 Å². The summed E-state index contributed by atoms with van der Waals surface area (Å²) in [7, 11) is 4.66. The van der Waals surface area contributed by atoms with Gasteiger partial charge in [0.05, 0.1) is 21.3 Å². The van der Waals surface area contributed by atoms with Crippen molar-refractivity contribution in [2.45, 2.75) is 53.5 Å². The van der Waals surface area contributed by atoms with Crippen molar-refractivity contribution in [3.8, 4) is 28.6 Å². The van der Waals surface area contributed by atoms with Crippen molar-refractivity contribution in [1.82, 2.24) is 15.0 Å². The average Bonchev–Trinajstić information content (AvgIpc) is 3.14. The Morgan fingerprint density at radius 3 is 2.17 bits per heavy atom. The molecule has 166 valence electrons. The van der Waals surface area contributed by atoms with Crippen LogP contribution in [0.25, 0.3) is 11.4 Å². The number of methoxy groups -OCH3 is 3. The molecule has 0 atom stereocenters. The second-order valence-electron chi connectivity index (χ2n) is 8.59. The molecule has 2 aromatic rings. The monoisotopic (exact) mass is 419 g/mol. The summed E-state index contributed by atoms with van der Waals surface area (Å²) in [5, 5.41) is 4.08. The number of ether oxygens (including phenoxy) is 3. The first-order valence-corrected chi connectivity index (χ1v) is 10.0. The SMILES string of the molecule is COc1cc(-c2noc(CCN(C(=O)CC(C)(C)C)C(C)C)n2)cc(OC)c1OC. The first-order valence-electron chi connectivity index (χ1n) is 10.0. The summed E-state index contributed by atoms with van der Waals surface area (Å²) in [6.45, 7) is 10.7. The van der Waals surface area contributed by atoms with E-state index in [1.54, 1.807) is 33.5 Å². The number of nitrogens with zero attached hydrogens (tertiary/aromatic N) is 3. The largest absolute Gasteiger partial charge is 0.493 e. The van der Waals surface area contributed by atoms with Gasteiger partial charge in [0.2, 0.25) is 23.4 Å². The molecule has 8 nitrogen and oxygen atoms in total. The van der Waals surface area contributed by atoms with Gasteiger partial charge in [-0.3, -0.25) is 4.79 Å². The molecule has 2 rings (SSSR count). The van der Waals surface area contributed by atoms with Crippen molar-refractivity contribution in [3.05, 3.63) is 18.0 Å². The van der Waals surface area contributed by atoms with Crippen molar-refractivity contribution in [1.29, 1.82) is 0 Å². The molecular formula is C22H33N3O5. The highest BCUT2D eigenvalue weighted by Gasteiger charge is 2.24. The van der Waals surface area contributed by atoms with Gasteiger partial charge in [0.1, 0.15) is 0 Å². The van der Waals surface area contributed by atoms with Crippen LogP contribution in [-0.4, -0.2) is 54.9 Å². The van der Waals surface area contributed by atoms with Crippen LogP contribution in [0, 0.1) is 5.41 Å². The Balaban J connectivity index is 2.17. The van der Waals surface area contributed by atoms with E-state index in [0.29, 0.717) is 53.9 Å². The minimum atomic E-state index is -0.0612. The predicted octanol–water partition coefficient (Wildman–Crippen LogP) is 3.98. The molecule has 0 radical (unpaired) electrons. The third-order valence-electron chi connectivity index (χ3n) is 4.58. The first-order chi connectivity index (χ1) is 14.1. The minimum Gasteiger partial charge on any atom is -0.493 e. The Morgan fingerprint density at radius 1 is 1.10 bits per heavy atom. The van der Waals surface area contributed by atoms with Crippen LogP contribution in [0.3, 0.4) is 0 Å². The van der Waals surface area contributed by atoms with E-state index in [-0.39, 0.29) is 17.4 Å². The lowest BCUT2D eigenvalue weighted by molar-refractivity contribution is -0.134. The van der Waals surface area contributed by atoms with Crippen LogP contribution in [0.1, 0.15) is 46.9 Å². The Hall–Kier alpha value is -2.77. The molecule has 0 aliphatic heterocycles. The topological polar surface area (TPSA) is 86.9 Å². The lowest BCUT2D eigenvalue weighted by Gasteiger charge is -2.29. The molecular weight excluding hydrogens is 386 g/mol. The quantitative estimate of drug-likeness (QED) is 0.607. The van der Waals surface area contributed by atoms with Gasteiger partial charge in [0, 0.05) is 31.0 Å². The van der Waals surface area contributed by atoms with Crippen LogP contribution < -0.4 is 14.2 Å². The molecule has 0 aliphatic carbocycles. The second kappa shape index (κ2) is 9.82. The summed E-state index contributed by atoms with van der Waals surface area (Å²) in [5.41, 5.74) is 0.623. The number of carbonyl (C=O) groups is 1. The zero-order valence-electron chi connectivity index (χ0n) is 19.2. The number of amides is 1. The van der Waals surface area contributed by atoms with Crippen molar-refractivity contribution < 1.29 is 23.5 Å². The third kappa shape index (κ3) is 5.87. The van der Waals surface area contributed by atoms with E-state index < -0.39 is 0 Å². The van der Waals surface area contributed by atoms with Gasteiger partial charge in [0.15, 0.2) is 11.5 Å². The number of hydrogen-bond acceptors (Lipinski definition) is 7. The van der Waals surface area contributed by atoms with Crippen molar-refractivity contribution in [3.63, 3.8) is 0 Å². The van der Waals surface area contributed by atoms with Gasteiger partial charge in [-0.1, -0.05) is 25.9 Å². The number of hydrogen-bond donors (Lipinski definition) is 0. The zero-order chi connectivity index (χ0) is 22.5. The summed E-state index contributed by atoms with van der Waals surface area (Å²) in [6, 6.07) is 3.63. The molecule has 0 spiro atoms. The van der Waals surface area contributed by atoms with E-state index in [2.05, 4.69) is 30.9 Å².